The molecule has 0 fully saturated rings. The predicted octanol–water partition coefficient (Wildman–Crippen LogP) is 6.07. The average Bonchev–Trinajstić information content (AvgIpc) is 2.94. The van der Waals surface area contributed by atoms with Gasteiger partial charge in [-0.15, -0.1) is 0 Å². The molecule has 0 aromatic heterocycles. The lowest BCUT2D eigenvalue weighted by molar-refractivity contribution is -0.140. The molecule has 0 saturated heterocycles. The van der Waals surface area contributed by atoms with Crippen molar-refractivity contribution in [2.24, 2.45) is 5.16 Å². The van der Waals surface area contributed by atoms with Crippen LogP contribution in [0.2, 0.25) is 0 Å². The van der Waals surface area contributed by atoms with Crippen LogP contribution in [0.5, 0.6) is 0 Å². The van der Waals surface area contributed by atoms with Gasteiger partial charge in [0.05, 0.1) is 0 Å². The Balaban J connectivity index is 1.91. The van der Waals surface area contributed by atoms with Crippen molar-refractivity contribution in [1.82, 2.24) is 0 Å². The molecule has 2 aromatic rings. The number of benzene rings is 2. The molecule has 0 amide bonds. The maximum atomic E-state index is 13.2. The topological polar surface area (TPSA) is 55.7 Å². The first-order valence-corrected chi connectivity index (χ1v) is 10.4. The molecule has 0 heterocycles. The molecule has 152 valence electrons. The van der Waals surface area contributed by atoms with E-state index in [4.69, 9.17) is 4.84 Å². The van der Waals surface area contributed by atoms with Crippen LogP contribution in [0, 0.1) is 0 Å². The van der Waals surface area contributed by atoms with Crippen molar-refractivity contribution in [1.29, 1.82) is 0 Å². The quantitative estimate of drug-likeness (QED) is 0.180. The number of Topliss-reactive ketones (excluding diaryl/α,β-unsaturated/α-hetero) is 1. The van der Waals surface area contributed by atoms with Crippen LogP contribution in [0.4, 0.5) is 0 Å². The van der Waals surface area contributed by atoms with Crippen LogP contribution in [0.1, 0.15) is 81.3 Å². The van der Waals surface area contributed by atoms with Crippen LogP contribution < -0.4 is 0 Å². The Bertz CT molecular complexity index is 956. The summed E-state index contributed by atoms with van der Waals surface area (Å²) in [5.74, 6) is -0.688. The molecule has 0 N–H and O–H groups in total. The number of rotatable bonds is 8. The highest BCUT2D eigenvalue weighted by molar-refractivity contribution is 6.46. The number of carbonyl (C=O) groups is 2. The monoisotopic (exact) mass is 391 g/mol. The third-order valence-electron chi connectivity index (χ3n) is 5.66. The van der Waals surface area contributed by atoms with Gasteiger partial charge in [0.15, 0.2) is 0 Å². The Morgan fingerprint density at radius 1 is 0.966 bits per heavy atom. The summed E-state index contributed by atoms with van der Waals surface area (Å²) in [5.41, 5.74) is 5.53. The number of nitrogens with zero attached hydrogens (tertiary/aromatic N) is 1. The Hall–Kier alpha value is -2.75. The summed E-state index contributed by atoms with van der Waals surface area (Å²) in [4.78, 5) is 29.2. The highest BCUT2D eigenvalue weighted by Crippen LogP contribution is 2.48. The van der Waals surface area contributed by atoms with Crippen LogP contribution >= 0.6 is 0 Å². The summed E-state index contributed by atoms with van der Waals surface area (Å²) < 4.78 is 0. The number of hydrogen-bond acceptors (Lipinski definition) is 4. The van der Waals surface area contributed by atoms with E-state index in [1.165, 1.54) is 23.6 Å². The van der Waals surface area contributed by atoms with Crippen molar-refractivity contribution in [3.8, 4) is 11.1 Å². The van der Waals surface area contributed by atoms with Crippen molar-refractivity contribution in [3.63, 3.8) is 0 Å². The zero-order valence-electron chi connectivity index (χ0n) is 17.7. The second-order valence-electron chi connectivity index (χ2n) is 8.19. The van der Waals surface area contributed by atoms with E-state index in [9.17, 15) is 9.59 Å². The number of ketones is 1. The van der Waals surface area contributed by atoms with E-state index in [1.54, 1.807) is 0 Å². The molecule has 3 rings (SSSR count). The number of hydrogen-bond donors (Lipinski definition) is 0. The van der Waals surface area contributed by atoms with Gasteiger partial charge in [-0.3, -0.25) is 4.79 Å². The predicted molar refractivity (Wildman–Crippen MR) is 116 cm³/mol. The second kappa shape index (κ2) is 8.73. The van der Waals surface area contributed by atoms with Crippen molar-refractivity contribution in [3.05, 3.63) is 59.2 Å². The second-order valence-corrected chi connectivity index (χ2v) is 8.19. The van der Waals surface area contributed by atoms with E-state index in [0.29, 0.717) is 17.7 Å². The lowest BCUT2D eigenvalue weighted by atomic mass is 9.81. The minimum absolute atomic E-state index is 0.169. The molecular weight excluding hydrogens is 362 g/mol. The van der Waals surface area contributed by atoms with Gasteiger partial charge < -0.3 is 4.84 Å². The molecule has 0 aliphatic heterocycles. The largest absolute Gasteiger partial charge is 0.331 e. The van der Waals surface area contributed by atoms with E-state index >= 15 is 0 Å². The fourth-order valence-corrected chi connectivity index (χ4v) is 4.05. The van der Waals surface area contributed by atoms with Crippen LogP contribution in [0.25, 0.3) is 11.1 Å². The Labute approximate surface area is 173 Å². The fraction of sp³-hybridized carbons (Fsp3) is 0.400. The fourth-order valence-electron chi connectivity index (χ4n) is 4.05. The number of carbonyl (C=O) groups excluding carboxylic acids is 2. The molecule has 0 saturated carbocycles. The van der Waals surface area contributed by atoms with Crippen molar-refractivity contribution < 1.29 is 14.4 Å². The maximum absolute atomic E-state index is 13.2. The molecule has 4 heteroatoms. The van der Waals surface area contributed by atoms with Gasteiger partial charge in [0.2, 0.25) is 5.78 Å². The molecule has 0 radical (unpaired) electrons. The van der Waals surface area contributed by atoms with E-state index in [1.807, 2.05) is 24.3 Å². The molecule has 0 atom stereocenters. The summed E-state index contributed by atoms with van der Waals surface area (Å²) in [6.07, 6.45) is 4.61. The minimum Gasteiger partial charge on any atom is -0.318 e. The van der Waals surface area contributed by atoms with Gasteiger partial charge in [-0.2, -0.15) is 0 Å². The van der Waals surface area contributed by atoms with Gasteiger partial charge in [0.25, 0.3) is 0 Å². The summed E-state index contributed by atoms with van der Waals surface area (Å²) in [6.45, 7) is 7.80. The lowest BCUT2D eigenvalue weighted by Gasteiger charge is -2.21. The standard InChI is InChI=1S/C25H29NO3/c1-5-6-7-8-13-23(26-29-17(2)27)24(28)18-14-15-20-19-11-9-10-12-21(19)25(3,4)22(20)16-18/h9-12,14-16H,5-8,13H2,1-4H3/b26-23+. The number of fused-ring (bicyclic) bond motifs is 3. The van der Waals surface area contributed by atoms with Gasteiger partial charge >= 0.3 is 5.97 Å². The highest BCUT2D eigenvalue weighted by atomic mass is 16.7. The maximum Gasteiger partial charge on any atom is 0.331 e. The summed E-state index contributed by atoms with van der Waals surface area (Å²) in [6, 6.07) is 14.2. The zero-order valence-corrected chi connectivity index (χ0v) is 17.7. The molecule has 0 bridgehead atoms. The molecule has 0 spiro atoms. The first kappa shape index (κ1) is 21.0. The zero-order chi connectivity index (χ0) is 21.0. The van der Waals surface area contributed by atoms with Crippen LogP contribution in [-0.2, 0) is 15.0 Å². The average molecular weight is 392 g/mol. The van der Waals surface area contributed by atoms with Crippen LogP contribution in [-0.4, -0.2) is 17.5 Å². The first-order valence-electron chi connectivity index (χ1n) is 10.4. The third-order valence-corrected chi connectivity index (χ3v) is 5.66. The van der Waals surface area contributed by atoms with Crippen LogP contribution in [0.3, 0.4) is 0 Å². The Kier molecular flexibility index (Phi) is 6.31. The van der Waals surface area contributed by atoms with Crippen molar-refractivity contribution in [2.45, 2.75) is 65.2 Å². The normalized spacial score (nSPS) is 14.3. The lowest BCUT2D eigenvalue weighted by Crippen LogP contribution is -2.19. The SMILES string of the molecule is CCCCCC/C(=N\OC(C)=O)C(=O)c1ccc2c(c1)C(C)(C)c1ccccc1-2. The number of oxime groups is 1. The number of unbranched alkanes of at least 4 members (excludes halogenated alkanes) is 3. The smallest absolute Gasteiger partial charge is 0.318 e. The molecule has 4 nitrogen and oxygen atoms in total. The van der Waals surface area contributed by atoms with E-state index in [-0.39, 0.29) is 11.2 Å². The van der Waals surface area contributed by atoms with Gasteiger partial charge in [-0.1, -0.05) is 81.6 Å². The van der Waals surface area contributed by atoms with E-state index in [2.05, 4.69) is 44.1 Å². The van der Waals surface area contributed by atoms with Gasteiger partial charge in [-0.25, -0.2) is 4.79 Å². The molecule has 2 aromatic carbocycles. The molecule has 29 heavy (non-hydrogen) atoms. The van der Waals surface area contributed by atoms with Crippen molar-refractivity contribution in [2.75, 3.05) is 0 Å². The van der Waals surface area contributed by atoms with Gasteiger partial charge in [0.1, 0.15) is 5.71 Å². The molecular formula is C25H29NO3. The van der Waals surface area contributed by atoms with E-state index < -0.39 is 5.97 Å². The van der Waals surface area contributed by atoms with E-state index in [0.717, 1.165) is 31.2 Å². The Morgan fingerprint density at radius 2 is 1.69 bits per heavy atom. The molecule has 0 unspecified atom stereocenters. The summed E-state index contributed by atoms with van der Waals surface area (Å²) in [5, 5.41) is 3.88. The van der Waals surface area contributed by atoms with Crippen LogP contribution in [0.15, 0.2) is 47.6 Å². The summed E-state index contributed by atoms with van der Waals surface area (Å²) >= 11 is 0. The molecule has 1 aliphatic carbocycles. The highest BCUT2D eigenvalue weighted by Gasteiger charge is 2.35. The Morgan fingerprint density at radius 3 is 2.41 bits per heavy atom. The minimum atomic E-state index is -0.519. The van der Waals surface area contributed by atoms with Gasteiger partial charge in [-0.05, 0) is 41.2 Å². The van der Waals surface area contributed by atoms with Gasteiger partial charge in [0, 0.05) is 17.9 Å². The van der Waals surface area contributed by atoms with Crippen molar-refractivity contribution >= 4 is 17.5 Å². The summed E-state index contributed by atoms with van der Waals surface area (Å²) in [7, 11) is 0. The molecule has 1 aliphatic rings. The third kappa shape index (κ3) is 4.31. The first-order chi connectivity index (χ1) is 13.9.